The molecule has 0 saturated heterocycles. The molecule has 5 heteroatoms. The van der Waals surface area contributed by atoms with Crippen molar-refractivity contribution in [2.45, 2.75) is 6.54 Å². The Morgan fingerprint density at radius 1 is 1.29 bits per heavy atom. The van der Waals surface area contributed by atoms with Gasteiger partial charge in [-0.15, -0.1) is 0 Å². The van der Waals surface area contributed by atoms with Crippen LogP contribution in [-0.2, 0) is 6.54 Å². The number of hydrogen-bond acceptors (Lipinski definition) is 3. The number of nitrogens with two attached hydrogens (primary N) is 1. The SMILES string of the molecule is COc1ccc(C(N)=S)cc1CN(C)c1cccc(F)c1. The van der Waals surface area contributed by atoms with Crippen molar-refractivity contribution in [3.8, 4) is 5.75 Å². The predicted octanol–water partition coefficient (Wildman–Crippen LogP) is 3.10. The average molecular weight is 304 g/mol. The molecular formula is C16H17FN2OS. The first-order valence-electron chi connectivity index (χ1n) is 6.44. The molecule has 0 spiro atoms. The van der Waals surface area contributed by atoms with Crippen LogP contribution < -0.4 is 15.4 Å². The standard InChI is InChI=1S/C16H17FN2OS/c1-19(14-5-3-4-13(17)9-14)10-12-8-11(16(18)21)6-7-15(12)20-2/h3-9H,10H2,1-2H3,(H2,18,21). The maximum atomic E-state index is 13.3. The molecule has 2 aromatic carbocycles. The summed E-state index contributed by atoms with van der Waals surface area (Å²) in [5.41, 5.74) is 8.18. The van der Waals surface area contributed by atoms with E-state index in [9.17, 15) is 4.39 Å². The fourth-order valence-electron chi connectivity index (χ4n) is 2.12. The molecule has 0 fully saturated rings. The predicted molar refractivity (Wildman–Crippen MR) is 87.4 cm³/mol. The van der Waals surface area contributed by atoms with Gasteiger partial charge in [-0.25, -0.2) is 4.39 Å². The van der Waals surface area contributed by atoms with Crippen molar-refractivity contribution in [1.29, 1.82) is 0 Å². The maximum absolute atomic E-state index is 13.3. The Hall–Kier alpha value is -2.14. The summed E-state index contributed by atoms with van der Waals surface area (Å²) in [6, 6.07) is 12.0. The monoisotopic (exact) mass is 304 g/mol. The minimum Gasteiger partial charge on any atom is -0.496 e. The number of nitrogens with zero attached hydrogens (tertiary/aromatic N) is 1. The first-order chi connectivity index (χ1) is 10.0. The van der Waals surface area contributed by atoms with Gasteiger partial charge in [0.25, 0.3) is 0 Å². The molecular weight excluding hydrogens is 287 g/mol. The third-order valence-electron chi connectivity index (χ3n) is 3.22. The molecule has 0 radical (unpaired) electrons. The molecule has 21 heavy (non-hydrogen) atoms. The smallest absolute Gasteiger partial charge is 0.125 e. The van der Waals surface area contributed by atoms with E-state index in [4.69, 9.17) is 22.7 Å². The van der Waals surface area contributed by atoms with Crippen LogP contribution >= 0.6 is 12.2 Å². The minimum absolute atomic E-state index is 0.261. The first kappa shape index (κ1) is 15.3. The van der Waals surface area contributed by atoms with Crippen LogP contribution in [0.1, 0.15) is 11.1 Å². The molecule has 0 amide bonds. The molecule has 2 rings (SSSR count). The fraction of sp³-hybridized carbons (Fsp3) is 0.188. The van der Waals surface area contributed by atoms with Gasteiger partial charge in [0.05, 0.1) is 7.11 Å². The Kier molecular flexibility index (Phi) is 4.75. The van der Waals surface area contributed by atoms with Gasteiger partial charge in [-0.3, -0.25) is 0 Å². The molecule has 0 saturated carbocycles. The van der Waals surface area contributed by atoms with E-state index in [0.29, 0.717) is 11.5 Å². The van der Waals surface area contributed by atoms with E-state index in [1.54, 1.807) is 13.2 Å². The van der Waals surface area contributed by atoms with Gasteiger partial charge in [-0.05, 0) is 36.4 Å². The highest BCUT2D eigenvalue weighted by molar-refractivity contribution is 7.80. The summed E-state index contributed by atoms with van der Waals surface area (Å²) < 4.78 is 18.7. The zero-order valence-electron chi connectivity index (χ0n) is 12.0. The molecule has 0 aliphatic carbocycles. The second-order valence-electron chi connectivity index (χ2n) is 4.73. The molecule has 2 aromatic rings. The van der Waals surface area contributed by atoms with Crippen LogP contribution in [0.2, 0.25) is 0 Å². The molecule has 0 unspecified atom stereocenters. The van der Waals surface area contributed by atoms with E-state index >= 15 is 0 Å². The number of halogens is 1. The number of rotatable bonds is 5. The summed E-state index contributed by atoms with van der Waals surface area (Å²) >= 11 is 5.00. The van der Waals surface area contributed by atoms with Gasteiger partial charge in [-0.2, -0.15) is 0 Å². The highest BCUT2D eigenvalue weighted by Crippen LogP contribution is 2.24. The fourth-order valence-corrected chi connectivity index (χ4v) is 2.24. The van der Waals surface area contributed by atoms with Crippen LogP contribution in [0.4, 0.5) is 10.1 Å². The molecule has 0 bridgehead atoms. The number of anilines is 1. The van der Waals surface area contributed by atoms with Crippen molar-refractivity contribution in [2.75, 3.05) is 19.1 Å². The van der Waals surface area contributed by atoms with Gasteiger partial charge < -0.3 is 15.4 Å². The second kappa shape index (κ2) is 6.54. The zero-order valence-corrected chi connectivity index (χ0v) is 12.8. The van der Waals surface area contributed by atoms with Gasteiger partial charge >= 0.3 is 0 Å². The van der Waals surface area contributed by atoms with Gasteiger partial charge in [0, 0.05) is 30.4 Å². The van der Waals surface area contributed by atoms with E-state index < -0.39 is 0 Å². The minimum atomic E-state index is -0.261. The number of thiocarbonyl (C=S) groups is 1. The lowest BCUT2D eigenvalue weighted by Crippen LogP contribution is -2.18. The van der Waals surface area contributed by atoms with Crippen molar-refractivity contribution in [3.05, 3.63) is 59.4 Å². The van der Waals surface area contributed by atoms with Crippen molar-refractivity contribution in [1.82, 2.24) is 0 Å². The molecule has 0 atom stereocenters. The highest BCUT2D eigenvalue weighted by Gasteiger charge is 2.10. The summed E-state index contributed by atoms with van der Waals surface area (Å²) in [5, 5.41) is 0. The highest BCUT2D eigenvalue weighted by atomic mass is 32.1. The van der Waals surface area contributed by atoms with Crippen LogP contribution in [0.5, 0.6) is 5.75 Å². The van der Waals surface area contributed by atoms with E-state index in [2.05, 4.69) is 0 Å². The number of hydrogen-bond donors (Lipinski definition) is 1. The third-order valence-corrected chi connectivity index (χ3v) is 3.46. The molecule has 2 N–H and O–H groups in total. The lowest BCUT2D eigenvalue weighted by molar-refractivity contribution is 0.409. The van der Waals surface area contributed by atoms with E-state index in [1.165, 1.54) is 12.1 Å². The third kappa shape index (κ3) is 3.70. The lowest BCUT2D eigenvalue weighted by Gasteiger charge is -2.21. The van der Waals surface area contributed by atoms with Crippen molar-refractivity contribution in [3.63, 3.8) is 0 Å². The molecule has 3 nitrogen and oxygen atoms in total. The van der Waals surface area contributed by atoms with Crippen LogP contribution in [0.3, 0.4) is 0 Å². The van der Waals surface area contributed by atoms with Crippen molar-refractivity contribution < 1.29 is 9.13 Å². The van der Waals surface area contributed by atoms with Crippen LogP contribution in [0.15, 0.2) is 42.5 Å². The van der Waals surface area contributed by atoms with E-state index in [-0.39, 0.29) is 5.82 Å². The summed E-state index contributed by atoms with van der Waals surface area (Å²) in [4.78, 5) is 2.27. The molecule has 110 valence electrons. The van der Waals surface area contributed by atoms with Crippen LogP contribution in [0, 0.1) is 5.82 Å². The molecule has 0 aliphatic heterocycles. The Morgan fingerprint density at radius 3 is 2.67 bits per heavy atom. The molecule has 0 aliphatic rings. The molecule has 0 aromatic heterocycles. The van der Waals surface area contributed by atoms with Crippen molar-refractivity contribution in [2.24, 2.45) is 5.73 Å². The number of ether oxygens (including phenoxy) is 1. The summed E-state index contributed by atoms with van der Waals surface area (Å²) in [7, 11) is 3.50. The van der Waals surface area contributed by atoms with E-state index in [0.717, 1.165) is 22.6 Å². The normalized spacial score (nSPS) is 10.2. The first-order valence-corrected chi connectivity index (χ1v) is 6.85. The summed E-state index contributed by atoms with van der Waals surface area (Å²) in [5.74, 6) is 0.487. The Balaban J connectivity index is 2.29. The average Bonchev–Trinajstić information content (AvgIpc) is 2.47. The Labute approximate surface area is 129 Å². The largest absolute Gasteiger partial charge is 0.496 e. The number of methoxy groups -OCH3 is 1. The maximum Gasteiger partial charge on any atom is 0.125 e. The lowest BCUT2D eigenvalue weighted by atomic mass is 10.1. The van der Waals surface area contributed by atoms with Gasteiger partial charge in [0.15, 0.2) is 0 Å². The van der Waals surface area contributed by atoms with Gasteiger partial charge in [-0.1, -0.05) is 18.3 Å². The van der Waals surface area contributed by atoms with Crippen LogP contribution in [0.25, 0.3) is 0 Å². The zero-order chi connectivity index (χ0) is 15.4. The Morgan fingerprint density at radius 2 is 2.05 bits per heavy atom. The Bertz CT molecular complexity index is 660. The summed E-state index contributed by atoms with van der Waals surface area (Å²) in [6.45, 7) is 0.559. The van der Waals surface area contributed by atoms with Crippen LogP contribution in [-0.4, -0.2) is 19.1 Å². The number of benzene rings is 2. The topological polar surface area (TPSA) is 38.5 Å². The molecule has 0 heterocycles. The second-order valence-corrected chi connectivity index (χ2v) is 5.17. The van der Waals surface area contributed by atoms with Gasteiger partial charge in [0.2, 0.25) is 0 Å². The summed E-state index contributed by atoms with van der Waals surface area (Å²) in [6.07, 6.45) is 0. The quantitative estimate of drug-likeness (QED) is 0.862. The van der Waals surface area contributed by atoms with E-state index in [1.807, 2.05) is 36.2 Å². The van der Waals surface area contributed by atoms with Crippen molar-refractivity contribution >= 4 is 22.9 Å². The van der Waals surface area contributed by atoms with Gasteiger partial charge in [0.1, 0.15) is 16.6 Å².